The number of likely N-dealkylation sites (N-methyl/N-ethyl adjacent to an activating group) is 2. The molecule has 0 spiro atoms. The second kappa shape index (κ2) is 8.31. The van der Waals surface area contributed by atoms with Crippen molar-refractivity contribution in [2.24, 2.45) is 17.5 Å². The quantitative estimate of drug-likeness (QED) is 0.553. The van der Waals surface area contributed by atoms with Gasteiger partial charge in [0.1, 0.15) is 0 Å². The van der Waals surface area contributed by atoms with Gasteiger partial charge in [-0.25, -0.2) is 5.84 Å². The van der Waals surface area contributed by atoms with E-state index < -0.39 is 0 Å². The van der Waals surface area contributed by atoms with Gasteiger partial charge < -0.3 is 16.1 Å². The van der Waals surface area contributed by atoms with Crippen LogP contribution in [-0.2, 0) is 6.42 Å². The first-order valence-corrected chi connectivity index (χ1v) is 8.61. The fourth-order valence-electron chi connectivity index (χ4n) is 3.38. The summed E-state index contributed by atoms with van der Waals surface area (Å²) < 4.78 is 0. The first-order chi connectivity index (χ1) is 11.0. The van der Waals surface area contributed by atoms with Crippen molar-refractivity contribution in [3.8, 4) is 0 Å². The number of pyridine rings is 1. The maximum absolute atomic E-state index is 6.28. The van der Waals surface area contributed by atoms with Crippen LogP contribution in [0.25, 0.3) is 5.70 Å². The highest BCUT2D eigenvalue weighted by Gasteiger charge is 2.16. The second-order valence-corrected chi connectivity index (χ2v) is 6.65. The molecule has 0 saturated heterocycles. The van der Waals surface area contributed by atoms with Gasteiger partial charge in [-0.3, -0.25) is 4.98 Å². The number of nitrogens with zero attached hydrogens (tertiary/aromatic N) is 2. The molecule has 0 amide bonds. The topological polar surface area (TPSA) is 80.2 Å². The predicted octanol–water partition coefficient (Wildman–Crippen LogP) is 2.17. The van der Waals surface area contributed by atoms with E-state index in [1.807, 2.05) is 13.1 Å². The highest BCUT2D eigenvalue weighted by molar-refractivity contribution is 5.63. The molecule has 1 aliphatic rings. The number of aromatic nitrogens is 1. The molecule has 1 heterocycles. The third-order valence-electron chi connectivity index (χ3n) is 4.79. The lowest BCUT2D eigenvalue weighted by atomic mass is 9.84. The maximum Gasteiger partial charge on any atom is 0.0881 e. The van der Waals surface area contributed by atoms with Crippen LogP contribution in [0, 0.1) is 12.8 Å². The highest BCUT2D eigenvalue weighted by atomic mass is 15.4. The van der Waals surface area contributed by atoms with Crippen LogP contribution in [-0.4, -0.2) is 30.6 Å². The minimum Gasteiger partial charge on any atom is -0.395 e. The van der Waals surface area contributed by atoms with Crippen molar-refractivity contribution in [1.82, 2.24) is 15.3 Å². The molecule has 1 aromatic rings. The first-order valence-electron chi connectivity index (χ1n) is 8.61. The van der Waals surface area contributed by atoms with E-state index in [0.717, 1.165) is 29.4 Å². The van der Waals surface area contributed by atoms with Gasteiger partial charge in [0, 0.05) is 19.3 Å². The Morgan fingerprint density at radius 3 is 2.57 bits per heavy atom. The zero-order chi connectivity index (χ0) is 16.8. The number of nitrogens with two attached hydrogens (primary N) is 2. The van der Waals surface area contributed by atoms with Crippen LogP contribution in [0.5, 0.6) is 0 Å². The van der Waals surface area contributed by atoms with Gasteiger partial charge in [-0.1, -0.05) is 38.2 Å². The van der Waals surface area contributed by atoms with Crippen molar-refractivity contribution in [3.63, 3.8) is 0 Å². The van der Waals surface area contributed by atoms with E-state index in [0.29, 0.717) is 12.2 Å². The summed E-state index contributed by atoms with van der Waals surface area (Å²) in [5.41, 5.74) is 11.0. The highest BCUT2D eigenvalue weighted by Crippen LogP contribution is 2.28. The van der Waals surface area contributed by atoms with Gasteiger partial charge >= 0.3 is 0 Å². The number of hydrogen-bond acceptors (Lipinski definition) is 5. The van der Waals surface area contributed by atoms with E-state index in [1.54, 1.807) is 12.1 Å². The van der Waals surface area contributed by atoms with Gasteiger partial charge in [-0.2, -0.15) is 0 Å². The maximum atomic E-state index is 6.28. The molecule has 1 saturated carbocycles. The molecule has 23 heavy (non-hydrogen) atoms. The first kappa shape index (κ1) is 17.8. The van der Waals surface area contributed by atoms with Gasteiger partial charge in [0.25, 0.3) is 0 Å². The van der Waals surface area contributed by atoms with Crippen LogP contribution < -0.4 is 16.9 Å². The molecule has 0 atom stereocenters. The molecule has 0 aromatic carbocycles. The zero-order valence-electron chi connectivity index (χ0n) is 14.7. The van der Waals surface area contributed by atoms with Crippen LogP contribution >= 0.6 is 0 Å². The van der Waals surface area contributed by atoms with Crippen molar-refractivity contribution < 1.29 is 0 Å². The third-order valence-corrected chi connectivity index (χ3v) is 4.79. The Kier molecular flexibility index (Phi) is 6.42. The number of aryl methyl sites for hydroxylation is 1. The summed E-state index contributed by atoms with van der Waals surface area (Å²) in [5.74, 6) is 6.70. The Labute approximate surface area is 140 Å². The van der Waals surface area contributed by atoms with E-state index >= 15 is 0 Å². The number of hydrogen-bond donors (Lipinski definition) is 3. The van der Waals surface area contributed by atoms with E-state index in [-0.39, 0.29) is 0 Å². The van der Waals surface area contributed by atoms with Crippen molar-refractivity contribution in [3.05, 3.63) is 34.8 Å². The van der Waals surface area contributed by atoms with E-state index in [9.17, 15) is 0 Å². The molecule has 0 radical (unpaired) electrons. The van der Waals surface area contributed by atoms with Gasteiger partial charge in [0.05, 0.1) is 17.1 Å². The summed E-state index contributed by atoms with van der Waals surface area (Å²) in [4.78, 5) is 4.73. The molecule has 1 aromatic heterocycles. The Bertz CT molecular complexity index is 544. The molecular weight excluding hydrogens is 286 g/mol. The fourth-order valence-corrected chi connectivity index (χ4v) is 3.38. The number of rotatable bonds is 6. The smallest absolute Gasteiger partial charge is 0.0881 e. The minimum absolute atomic E-state index is 0.614. The third kappa shape index (κ3) is 4.69. The number of nitrogens with one attached hydrogen (secondary N) is 1. The van der Waals surface area contributed by atoms with Crippen molar-refractivity contribution in [2.45, 2.75) is 45.4 Å². The average molecular weight is 317 g/mol. The monoisotopic (exact) mass is 317 g/mol. The summed E-state index contributed by atoms with van der Waals surface area (Å²) in [6.45, 7) is 2.70. The molecule has 1 fully saturated rings. The van der Waals surface area contributed by atoms with Gasteiger partial charge in [0.2, 0.25) is 0 Å². The summed E-state index contributed by atoms with van der Waals surface area (Å²) in [6.07, 6.45) is 8.00. The Hall–Kier alpha value is -1.59. The molecule has 1 aliphatic carbocycles. The van der Waals surface area contributed by atoms with Crippen LogP contribution in [0.2, 0.25) is 0 Å². The van der Waals surface area contributed by atoms with Gasteiger partial charge in [0.15, 0.2) is 0 Å². The van der Waals surface area contributed by atoms with Gasteiger partial charge in [-0.05, 0) is 37.9 Å². The van der Waals surface area contributed by atoms with Gasteiger partial charge in [-0.15, -0.1) is 0 Å². The lowest BCUT2D eigenvalue weighted by Gasteiger charge is -2.22. The van der Waals surface area contributed by atoms with Crippen molar-refractivity contribution in [2.75, 3.05) is 20.6 Å². The van der Waals surface area contributed by atoms with Crippen molar-refractivity contribution in [1.29, 1.82) is 0 Å². The molecule has 5 nitrogen and oxygen atoms in total. The molecule has 2 rings (SSSR count). The van der Waals surface area contributed by atoms with Crippen molar-refractivity contribution >= 4 is 5.70 Å². The average Bonchev–Trinajstić information content (AvgIpc) is 2.54. The van der Waals surface area contributed by atoms with Crippen LogP contribution in [0.15, 0.2) is 17.8 Å². The standard InChI is InChI=1S/C18H31N5/c1-13-15(11-14-7-5-4-6-8-14)9-10-16(22-13)18(19)17(12-21-2)23(3)20/h9-10,14,21H,4-8,11-12,19-20H2,1-3H3/b18-17-. The Morgan fingerprint density at radius 2 is 2.00 bits per heavy atom. The lowest BCUT2D eigenvalue weighted by Crippen LogP contribution is -2.33. The zero-order valence-corrected chi connectivity index (χ0v) is 14.7. The molecular formula is C18H31N5. The molecule has 5 heteroatoms. The molecule has 0 unspecified atom stereocenters. The van der Waals surface area contributed by atoms with E-state index in [2.05, 4.69) is 18.3 Å². The summed E-state index contributed by atoms with van der Waals surface area (Å²) in [6, 6.07) is 4.21. The van der Waals surface area contributed by atoms with Crippen LogP contribution in [0.1, 0.15) is 49.1 Å². The second-order valence-electron chi connectivity index (χ2n) is 6.65. The molecule has 0 bridgehead atoms. The van der Waals surface area contributed by atoms with Crippen LogP contribution in [0.4, 0.5) is 0 Å². The minimum atomic E-state index is 0.614. The Morgan fingerprint density at radius 1 is 1.30 bits per heavy atom. The molecule has 128 valence electrons. The van der Waals surface area contributed by atoms with E-state index in [1.165, 1.54) is 37.7 Å². The predicted molar refractivity (Wildman–Crippen MR) is 96.2 cm³/mol. The number of hydrazine groups is 1. The van der Waals surface area contributed by atoms with Crippen LogP contribution in [0.3, 0.4) is 0 Å². The SMILES string of the molecule is CNC/C(=C(/N)c1ccc(CC2CCCCC2)c(C)n1)N(C)N. The fraction of sp³-hybridized carbons (Fsp3) is 0.611. The summed E-state index contributed by atoms with van der Waals surface area (Å²) >= 11 is 0. The lowest BCUT2D eigenvalue weighted by molar-refractivity contribution is 0.356. The Balaban J connectivity index is 2.18. The normalized spacial score (nSPS) is 17.0. The van der Waals surface area contributed by atoms with E-state index in [4.69, 9.17) is 16.6 Å². The molecule has 5 N–H and O–H groups in total. The largest absolute Gasteiger partial charge is 0.395 e. The molecule has 0 aliphatic heterocycles. The summed E-state index contributed by atoms with van der Waals surface area (Å²) in [5, 5.41) is 4.65. The summed E-state index contributed by atoms with van der Waals surface area (Å²) in [7, 11) is 3.67.